The van der Waals surface area contributed by atoms with Crippen LogP contribution >= 0.6 is 11.8 Å². The summed E-state index contributed by atoms with van der Waals surface area (Å²) in [5.41, 5.74) is 2.59. The van der Waals surface area contributed by atoms with E-state index in [1.165, 1.54) is 18.6 Å². The van der Waals surface area contributed by atoms with E-state index in [0.29, 0.717) is 5.25 Å². The fraction of sp³-hybridized carbons (Fsp3) is 0.889. The summed E-state index contributed by atoms with van der Waals surface area (Å²) >= 11 is 2.02. The number of thioether (sulfide) groups is 1. The molecule has 0 bridgehead atoms. The fourth-order valence-corrected chi connectivity index (χ4v) is 2.56. The molecule has 0 amide bonds. The number of nitrogens with two attached hydrogens (primary N) is 1. The molecule has 4 nitrogen and oxygen atoms in total. The van der Waals surface area contributed by atoms with Crippen LogP contribution in [0.25, 0.3) is 0 Å². The number of aliphatic imine (C=N–C) groups is 1. The van der Waals surface area contributed by atoms with E-state index in [1.54, 1.807) is 0 Å². The first kappa shape index (κ1) is 11.7. The van der Waals surface area contributed by atoms with Crippen molar-refractivity contribution in [1.82, 2.24) is 10.7 Å². The molecule has 0 spiro atoms. The van der Waals surface area contributed by atoms with E-state index < -0.39 is 0 Å². The van der Waals surface area contributed by atoms with Crippen LogP contribution in [0.1, 0.15) is 26.2 Å². The zero-order valence-corrected chi connectivity index (χ0v) is 9.57. The Bertz CT molecular complexity index is 178. The molecule has 1 rings (SSSR count). The second-order valence-electron chi connectivity index (χ2n) is 3.40. The van der Waals surface area contributed by atoms with E-state index in [0.717, 1.165) is 25.5 Å². The highest BCUT2D eigenvalue weighted by Gasteiger charge is 2.14. The van der Waals surface area contributed by atoms with Gasteiger partial charge in [0.1, 0.15) is 0 Å². The van der Waals surface area contributed by atoms with Crippen LogP contribution in [0.2, 0.25) is 0 Å². The topological polar surface area (TPSA) is 62.4 Å². The minimum atomic E-state index is 0.696. The van der Waals surface area contributed by atoms with Crippen molar-refractivity contribution in [1.29, 1.82) is 0 Å². The van der Waals surface area contributed by atoms with Crippen molar-refractivity contribution in [2.24, 2.45) is 10.8 Å². The summed E-state index contributed by atoms with van der Waals surface area (Å²) < 4.78 is 0. The predicted molar refractivity (Wildman–Crippen MR) is 63.4 cm³/mol. The zero-order valence-electron chi connectivity index (χ0n) is 8.75. The van der Waals surface area contributed by atoms with Gasteiger partial charge in [-0.05, 0) is 25.0 Å². The average molecular weight is 216 g/mol. The smallest absolute Gasteiger partial charge is 0.205 e. The first-order valence-corrected chi connectivity index (χ1v) is 6.28. The fourth-order valence-electron chi connectivity index (χ4n) is 1.38. The Morgan fingerprint density at radius 3 is 3.07 bits per heavy atom. The molecule has 5 heteroatoms. The van der Waals surface area contributed by atoms with Crippen molar-refractivity contribution < 1.29 is 0 Å². The Kier molecular flexibility index (Phi) is 5.78. The van der Waals surface area contributed by atoms with Gasteiger partial charge in [-0.1, -0.05) is 6.92 Å². The molecule has 1 aliphatic heterocycles. The maximum Gasteiger partial charge on any atom is 0.205 e. The first-order chi connectivity index (χ1) is 6.86. The van der Waals surface area contributed by atoms with Crippen LogP contribution in [0, 0.1) is 0 Å². The second kappa shape index (κ2) is 6.95. The van der Waals surface area contributed by atoms with E-state index >= 15 is 0 Å². The van der Waals surface area contributed by atoms with Crippen LogP contribution in [-0.2, 0) is 0 Å². The molecule has 0 aliphatic carbocycles. The van der Waals surface area contributed by atoms with Gasteiger partial charge in [0.25, 0.3) is 0 Å². The van der Waals surface area contributed by atoms with E-state index in [4.69, 9.17) is 5.84 Å². The number of nitrogens with zero attached hydrogens (tertiary/aromatic N) is 1. The molecule has 82 valence electrons. The van der Waals surface area contributed by atoms with Crippen LogP contribution in [0.15, 0.2) is 4.99 Å². The molecule has 0 radical (unpaired) electrons. The van der Waals surface area contributed by atoms with Crippen molar-refractivity contribution in [3.8, 4) is 0 Å². The van der Waals surface area contributed by atoms with Crippen molar-refractivity contribution in [2.75, 3.05) is 18.8 Å². The van der Waals surface area contributed by atoms with Gasteiger partial charge in [0.2, 0.25) is 5.96 Å². The van der Waals surface area contributed by atoms with Gasteiger partial charge in [0.15, 0.2) is 0 Å². The summed E-state index contributed by atoms with van der Waals surface area (Å²) in [6.45, 7) is 3.91. The van der Waals surface area contributed by atoms with Crippen molar-refractivity contribution in [2.45, 2.75) is 31.4 Å². The minimum Gasteiger partial charge on any atom is -0.355 e. The molecule has 1 unspecified atom stereocenters. The van der Waals surface area contributed by atoms with Gasteiger partial charge in [-0.2, -0.15) is 11.8 Å². The van der Waals surface area contributed by atoms with Crippen molar-refractivity contribution in [3.05, 3.63) is 0 Å². The normalized spacial score (nSPS) is 22.4. The average Bonchev–Trinajstić information content (AvgIpc) is 2.71. The summed E-state index contributed by atoms with van der Waals surface area (Å²) in [7, 11) is 0. The van der Waals surface area contributed by atoms with Gasteiger partial charge >= 0.3 is 0 Å². The number of guanidine groups is 1. The lowest BCUT2D eigenvalue weighted by molar-refractivity contribution is 0.758. The number of hydrogen-bond acceptors (Lipinski definition) is 3. The molecule has 0 aromatic carbocycles. The second-order valence-corrected chi connectivity index (χ2v) is 4.80. The van der Waals surface area contributed by atoms with Crippen LogP contribution in [0.5, 0.6) is 0 Å². The molecule has 1 fully saturated rings. The Hall–Kier alpha value is -0.420. The van der Waals surface area contributed by atoms with E-state index in [2.05, 4.69) is 22.7 Å². The molecule has 1 aliphatic rings. The summed E-state index contributed by atoms with van der Waals surface area (Å²) in [5, 5.41) is 3.84. The van der Waals surface area contributed by atoms with E-state index in [9.17, 15) is 0 Å². The molecule has 14 heavy (non-hydrogen) atoms. The lowest BCUT2D eigenvalue weighted by Gasteiger charge is -2.09. The summed E-state index contributed by atoms with van der Waals surface area (Å²) in [5.74, 6) is 7.36. The Morgan fingerprint density at radius 2 is 2.50 bits per heavy atom. The van der Waals surface area contributed by atoms with E-state index in [-0.39, 0.29) is 0 Å². The minimum absolute atomic E-state index is 0.696. The molecule has 4 N–H and O–H groups in total. The molecule has 0 saturated carbocycles. The summed E-state index contributed by atoms with van der Waals surface area (Å²) in [4.78, 5) is 4.41. The van der Waals surface area contributed by atoms with Crippen molar-refractivity contribution in [3.63, 3.8) is 0 Å². The molecule has 0 aromatic rings. The third-order valence-electron chi connectivity index (χ3n) is 2.16. The third kappa shape index (κ3) is 4.19. The lowest BCUT2D eigenvalue weighted by atomic mass is 10.2. The Labute approximate surface area is 90.1 Å². The monoisotopic (exact) mass is 216 g/mol. The Morgan fingerprint density at radius 1 is 1.64 bits per heavy atom. The number of hydrogen-bond donors (Lipinski definition) is 3. The molecule has 1 saturated heterocycles. The zero-order chi connectivity index (χ0) is 10.2. The molecule has 1 atom stereocenters. The van der Waals surface area contributed by atoms with Crippen LogP contribution in [-0.4, -0.2) is 30.1 Å². The van der Waals surface area contributed by atoms with Crippen molar-refractivity contribution >= 4 is 17.7 Å². The molecule has 0 aromatic heterocycles. The maximum absolute atomic E-state index is 5.35. The predicted octanol–water partition coefficient (Wildman–Crippen LogP) is 0.701. The SMILES string of the molecule is CCCNC(=NCC1CCCS1)NN. The first-order valence-electron chi connectivity index (χ1n) is 5.23. The summed E-state index contributed by atoms with van der Waals surface area (Å²) in [6.07, 6.45) is 3.71. The van der Waals surface area contributed by atoms with Gasteiger partial charge in [0, 0.05) is 11.8 Å². The maximum atomic E-state index is 5.35. The standard InChI is InChI=1S/C9H20N4S/c1-2-5-11-9(13-10)12-7-8-4-3-6-14-8/h8H,2-7,10H2,1H3,(H2,11,12,13). The number of rotatable bonds is 4. The van der Waals surface area contributed by atoms with Gasteiger partial charge in [0.05, 0.1) is 6.54 Å². The number of nitrogens with one attached hydrogen (secondary N) is 2. The van der Waals surface area contributed by atoms with Gasteiger partial charge in [-0.3, -0.25) is 10.4 Å². The number of hydrazine groups is 1. The Balaban J connectivity index is 2.23. The molecular weight excluding hydrogens is 196 g/mol. The largest absolute Gasteiger partial charge is 0.355 e. The van der Waals surface area contributed by atoms with Crippen LogP contribution in [0.3, 0.4) is 0 Å². The highest BCUT2D eigenvalue weighted by atomic mass is 32.2. The third-order valence-corrected chi connectivity index (χ3v) is 3.54. The van der Waals surface area contributed by atoms with Gasteiger partial charge in [-0.15, -0.1) is 0 Å². The molecule has 1 heterocycles. The van der Waals surface area contributed by atoms with Crippen LogP contribution < -0.4 is 16.6 Å². The van der Waals surface area contributed by atoms with Gasteiger partial charge < -0.3 is 5.32 Å². The lowest BCUT2D eigenvalue weighted by Crippen LogP contribution is -2.42. The summed E-state index contributed by atoms with van der Waals surface area (Å²) in [6, 6.07) is 0. The quantitative estimate of drug-likeness (QED) is 0.280. The highest BCUT2D eigenvalue weighted by Crippen LogP contribution is 2.25. The highest BCUT2D eigenvalue weighted by molar-refractivity contribution is 8.00. The van der Waals surface area contributed by atoms with Crippen LogP contribution in [0.4, 0.5) is 0 Å². The van der Waals surface area contributed by atoms with Gasteiger partial charge in [-0.25, -0.2) is 5.84 Å². The van der Waals surface area contributed by atoms with E-state index in [1.807, 2.05) is 11.8 Å². The molecular formula is C9H20N4S.